The Balaban J connectivity index is 2.11. The highest BCUT2D eigenvalue weighted by molar-refractivity contribution is 7.98. The summed E-state index contributed by atoms with van der Waals surface area (Å²) in [6.07, 6.45) is 2.49. The van der Waals surface area contributed by atoms with Crippen LogP contribution in [0.4, 0.5) is 0 Å². The average Bonchev–Trinajstić information content (AvgIpc) is 2.70. The van der Waals surface area contributed by atoms with Crippen LogP contribution in [0.2, 0.25) is 5.02 Å². The summed E-state index contributed by atoms with van der Waals surface area (Å²) in [7, 11) is 1.51. The van der Waals surface area contributed by atoms with Crippen molar-refractivity contribution in [2.45, 2.75) is 25.4 Å². The molecule has 0 aliphatic heterocycles. The molecule has 0 fully saturated rings. The van der Waals surface area contributed by atoms with Crippen molar-refractivity contribution >= 4 is 35.2 Å². The third-order valence-corrected chi connectivity index (χ3v) is 5.17. The molecule has 2 atom stereocenters. The molecule has 2 aromatic rings. The van der Waals surface area contributed by atoms with Crippen molar-refractivity contribution in [2.24, 2.45) is 0 Å². The smallest absolute Gasteiger partial charge is 0.255 e. The summed E-state index contributed by atoms with van der Waals surface area (Å²) in [6, 6.07) is 13.4. The van der Waals surface area contributed by atoms with Crippen molar-refractivity contribution in [3.8, 4) is 5.75 Å². The zero-order valence-corrected chi connectivity index (χ0v) is 17.8. The molecule has 0 aliphatic carbocycles. The lowest BCUT2D eigenvalue weighted by molar-refractivity contribution is -0.123. The van der Waals surface area contributed by atoms with Crippen LogP contribution in [0, 0.1) is 0 Å². The van der Waals surface area contributed by atoms with E-state index in [0.29, 0.717) is 22.8 Å². The maximum absolute atomic E-state index is 12.8. The number of para-hydroxylation sites is 1. The molecule has 2 rings (SSSR count). The van der Waals surface area contributed by atoms with Gasteiger partial charge < -0.3 is 15.4 Å². The van der Waals surface area contributed by atoms with Gasteiger partial charge in [-0.15, -0.1) is 0 Å². The molecule has 0 aliphatic rings. The monoisotopic (exact) mass is 420 g/mol. The predicted octanol–water partition coefficient (Wildman–Crippen LogP) is 4.08. The fourth-order valence-electron chi connectivity index (χ4n) is 2.75. The predicted molar refractivity (Wildman–Crippen MR) is 115 cm³/mol. The summed E-state index contributed by atoms with van der Waals surface area (Å²) < 4.78 is 5.25. The van der Waals surface area contributed by atoms with Crippen LogP contribution in [0.15, 0.2) is 48.5 Å². The lowest BCUT2D eigenvalue weighted by Gasteiger charge is -2.22. The molecular weight excluding hydrogens is 396 g/mol. The molecule has 0 radical (unpaired) electrons. The zero-order chi connectivity index (χ0) is 20.5. The summed E-state index contributed by atoms with van der Waals surface area (Å²) in [5.41, 5.74) is 1.30. The molecule has 0 bridgehead atoms. The summed E-state index contributed by atoms with van der Waals surface area (Å²) in [4.78, 5) is 25.5. The number of thioether (sulfide) groups is 1. The second-order valence-electron chi connectivity index (χ2n) is 6.29. The van der Waals surface area contributed by atoms with E-state index in [2.05, 4.69) is 10.6 Å². The molecule has 2 aromatic carbocycles. The van der Waals surface area contributed by atoms with Gasteiger partial charge in [0.2, 0.25) is 5.91 Å². The average molecular weight is 421 g/mol. The number of nitrogens with one attached hydrogen (secondary N) is 2. The van der Waals surface area contributed by atoms with E-state index in [1.165, 1.54) is 7.11 Å². The second kappa shape index (κ2) is 11.0. The summed E-state index contributed by atoms with van der Waals surface area (Å²) in [5, 5.41) is 6.42. The third-order valence-electron chi connectivity index (χ3n) is 4.29. The first-order valence-electron chi connectivity index (χ1n) is 8.95. The fourth-order valence-corrected chi connectivity index (χ4v) is 3.42. The van der Waals surface area contributed by atoms with Crippen LogP contribution >= 0.6 is 23.4 Å². The van der Waals surface area contributed by atoms with E-state index in [4.69, 9.17) is 16.3 Å². The molecule has 0 aromatic heterocycles. The molecule has 28 heavy (non-hydrogen) atoms. The minimum absolute atomic E-state index is 0.230. The van der Waals surface area contributed by atoms with E-state index in [1.807, 2.05) is 31.4 Å². The van der Waals surface area contributed by atoms with E-state index in [-0.39, 0.29) is 17.9 Å². The molecule has 0 saturated heterocycles. The highest BCUT2D eigenvalue weighted by Gasteiger charge is 2.24. The number of benzene rings is 2. The van der Waals surface area contributed by atoms with Gasteiger partial charge in [0, 0.05) is 5.02 Å². The van der Waals surface area contributed by atoms with Gasteiger partial charge in [-0.25, -0.2) is 0 Å². The van der Waals surface area contributed by atoms with Crippen molar-refractivity contribution in [2.75, 3.05) is 19.1 Å². The lowest BCUT2D eigenvalue weighted by atomic mass is 10.1. The van der Waals surface area contributed by atoms with Crippen LogP contribution < -0.4 is 15.4 Å². The standard InChI is InChI=1S/C21H25ClN2O3S/c1-14(15-7-6-8-16(22)13-15)23-21(26)18(11-12-28-3)24-20(25)17-9-4-5-10-19(17)27-2/h4-10,13-14,18H,11-12H2,1-3H3,(H,23,26)(H,24,25). The maximum atomic E-state index is 12.8. The second-order valence-corrected chi connectivity index (χ2v) is 7.72. The van der Waals surface area contributed by atoms with Crippen molar-refractivity contribution in [3.63, 3.8) is 0 Å². The molecule has 0 saturated carbocycles. The van der Waals surface area contributed by atoms with Crippen LogP contribution in [0.3, 0.4) is 0 Å². The zero-order valence-electron chi connectivity index (χ0n) is 16.2. The number of methoxy groups -OCH3 is 1. The number of hydrogen-bond donors (Lipinski definition) is 2. The number of carbonyl (C=O) groups excluding carboxylic acids is 2. The van der Waals surface area contributed by atoms with Crippen molar-refractivity contribution in [1.82, 2.24) is 10.6 Å². The number of carbonyl (C=O) groups is 2. The first-order valence-corrected chi connectivity index (χ1v) is 10.7. The van der Waals surface area contributed by atoms with Crippen LogP contribution in [-0.4, -0.2) is 37.0 Å². The molecule has 0 heterocycles. The number of halogens is 1. The van der Waals surface area contributed by atoms with Gasteiger partial charge in [-0.3, -0.25) is 9.59 Å². The van der Waals surface area contributed by atoms with Crippen LogP contribution in [-0.2, 0) is 4.79 Å². The normalized spacial score (nSPS) is 12.7. The van der Waals surface area contributed by atoms with Gasteiger partial charge in [-0.1, -0.05) is 35.9 Å². The Morgan fingerprint density at radius 3 is 2.57 bits per heavy atom. The summed E-state index contributed by atoms with van der Waals surface area (Å²) in [6.45, 7) is 1.89. The van der Waals surface area contributed by atoms with Gasteiger partial charge >= 0.3 is 0 Å². The maximum Gasteiger partial charge on any atom is 0.255 e. The first-order chi connectivity index (χ1) is 13.5. The Labute approximate surface area is 175 Å². The third kappa shape index (κ3) is 6.17. The van der Waals surface area contributed by atoms with Gasteiger partial charge in [0.15, 0.2) is 0 Å². The van der Waals surface area contributed by atoms with Crippen LogP contribution in [0.1, 0.15) is 35.3 Å². The topological polar surface area (TPSA) is 67.4 Å². The Morgan fingerprint density at radius 2 is 1.89 bits per heavy atom. The van der Waals surface area contributed by atoms with Crippen LogP contribution in [0.25, 0.3) is 0 Å². The number of ether oxygens (including phenoxy) is 1. The first kappa shape index (κ1) is 22.1. The minimum atomic E-state index is -0.647. The molecular formula is C21H25ClN2O3S. The summed E-state index contributed by atoms with van der Waals surface area (Å²) in [5.74, 6) is 0.644. The minimum Gasteiger partial charge on any atom is -0.496 e. The quantitative estimate of drug-likeness (QED) is 0.641. The molecule has 0 spiro atoms. The number of rotatable bonds is 9. The van der Waals surface area contributed by atoms with E-state index in [9.17, 15) is 9.59 Å². The van der Waals surface area contributed by atoms with Gasteiger partial charge in [0.05, 0.1) is 18.7 Å². The highest BCUT2D eigenvalue weighted by Crippen LogP contribution is 2.19. The largest absolute Gasteiger partial charge is 0.496 e. The van der Waals surface area contributed by atoms with Gasteiger partial charge in [-0.2, -0.15) is 11.8 Å². The number of hydrogen-bond acceptors (Lipinski definition) is 4. The SMILES string of the molecule is COc1ccccc1C(=O)NC(CCSC)C(=O)NC(C)c1cccc(Cl)c1. The Bertz CT molecular complexity index is 816. The highest BCUT2D eigenvalue weighted by atomic mass is 35.5. The van der Waals surface area contributed by atoms with Crippen molar-refractivity contribution < 1.29 is 14.3 Å². The molecule has 2 N–H and O–H groups in total. The van der Waals surface area contributed by atoms with Gasteiger partial charge in [-0.05, 0) is 55.2 Å². The molecule has 150 valence electrons. The molecule has 5 nitrogen and oxygen atoms in total. The lowest BCUT2D eigenvalue weighted by Crippen LogP contribution is -2.47. The fraction of sp³-hybridized carbons (Fsp3) is 0.333. The van der Waals surface area contributed by atoms with E-state index < -0.39 is 6.04 Å². The summed E-state index contributed by atoms with van der Waals surface area (Å²) >= 11 is 7.66. The Kier molecular flexibility index (Phi) is 8.67. The van der Waals surface area contributed by atoms with Crippen molar-refractivity contribution in [1.29, 1.82) is 0 Å². The number of amides is 2. The van der Waals surface area contributed by atoms with E-state index >= 15 is 0 Å². The molecule has 2 amide bonds. The van der Waals surface area contributed by atoms with E-state index in [0.717, 1.165) is 11.3 Å². The molecule has 2 unspecified atom stereocenters. The van der Waals surface area contributed by atoms with Crippen molar-refractivity contribution in [3.05, 3.63) is 64.7 Å². The van der Waals surface area contributed by atoms with Gasteiger partial charge in [0.1, 0.15) is 11.8 Å². The molecule has 7 heteroatoms. The van der Waals surface area contributed by atoms with Gasteiger partial charge in [0.25, 0.3) is 5.91 Å². The Morgan fingerprint density at radius 1 is 1.14 bits per heavy atom. The van der Waals surface area contributed by atoms with E-state index in [1.54, 1.807) is 42.1 Å². The Hall–Kier alpha value is -2.18. The van der Waals surface area contributed by atoms with Crippen LogP contribution in [0.5, 0.6) is 5.75 Å².